The van der Waals surface area contributed by atoms with Gasteiger partial charge in [-0.25, -0.2) is 15.0 Å². The van der Waals surface area contributed by atoms with Crippen molar-refractivity contribution in [1.29, 1.82) is 0 Å². The van der Waals surface area contributed by atoms with Crippen LogP contribution in [0.15, 0.2) is 35.7 Å². The molecule has 2 N–H and O–H groups in total. The van der Waals surface area contributed by atoms with Crippen LogP contribution in [0.1, 0.15) is 34.4 Å². The standard InChI is InChI=1S/C19H19N5O2S/c1-11-7-12(2)21-18(20-11)24-19-23-16(10-27-19)9-17(26)22-15-6-4-5-14(8-15)13(3)25/h4-8,10H,9H2,1-3H3,(H,22,26)(H,20,21,23,24). The predicted molar refractivity (Wildman–Crippen MR) is 106 cm³/mol. The lowest BCUT2D eigenvalue weighted by Crippen LogP contribution is -2.15. The lowest BCUT2D eigenvalue weighted by Gasteiger charge is -2.05. The summed E-state index contributed by atoms with van der Waals surface area (Å²) in [5, 5.41) is 8.30. The van der Waals surface area contributed by atoms with Crippen LogP contribution in [-0.4, -0.2) is 26.6 Å². The monoisotopic (exact) mass is 381 g/mol. The van der Waals surface area contributed by atoms with E-state index in [9.17, 15) is 9.59 Å². The minimum Gasteiger partial charge on any atom is -0.326 e. The smallest absolute Gasteiger partial charge is 0.230 e. The zero-order valence-corrected chi connectivity index (χ0v) is 16.1. The second-order valence-corrected chi connectivity index (χ2v) is 6.96. The number of amides is 1. The first-order valence-electron chi connectivity index (χ1n) is 8.33. The lowest BCUT2D eigenvalue weighted by atomic mass is 10.1. The third-order valence-corrected chi connectivity index (χ3v) is 4.45. The molecule has 138 valence electrons. The van der Waals surface area contributed by atoms with E-state index in [0.717, 1.165) is 11.4 Å². The summed E-state index contributed by atoms with van der Waals surface area (Å²) in [6.45, 7) is 5.29. The summed E-state index contributed by atoms with van der Waals surface area (Å²) in [6, 6.07) is 8.75. The third-order valence-electron chi connectivity index (χ3n) is 3.65. The Hall–Kier alpha value is -3.13. The molecule has 27 heavy (non-hydrogen) atoms. The summed E-state index contributed by atoms with van der Waals surface area (Å²) in [5.41, 5.74) is 3.53. The average molecular weight is 381 g/mol. The van der Waals surface area contributed by atoms with Crippen LogP contribution in [0.3, 0.4) is 0 Å². The van der Waals surface area contributed by atoms with Crippen molar-refractivity contribution in [3.05, 3.63) is 58.4 Å². The van der Waals surface area contributed by atoms with E-state index in [1.165, 1.54) is 18.3 Å². The molecule has 0 atom stereocenters. The molecule has 7 nitrogen and oxygen atoms in total. The van der Waals surface area contributed by atoms with Gasteiger partial charge in [-0.2, -0.15) is 0 Å². The summed E-state index contributed by atoms with van der Waals surface area (Å²) >= 11 is 1.38. The number of ketones is 1. The maximum absolute atomic E-state index is 12.2. The topological polar surface area (TPSA) is 96.9 Å². The minimum atomic E-state index is -0.199. The van der Waals surface area contributed by atoms with Crippen LogP contribution in [0, 0.1) is 13.8 Å². The van der Waals surface area contributed by atoms with E-state index in [4.69, 9.17) is 0 Å². The Kier molecular flexibility index (Phi) is 5.56. The molecule has 3 rings (SSSR count). The van der Waals surface area contributed by atoms with Crippen molar-refractivity contribution in [2.45, 2.75) is 27.2 Å². The second kappa shape index (κ2) is 8.05. The van der Waals surface area contributed by atoms with E-state index >= 15 is 0 Å². The van der Waals surface area contributed by atoms with Crippen LogP contribution >= 0.6 is 11.3 Å². The number of anilines is 3. The van der Waals surface area contributed by atoms with Crippen LogP contribution in [0.2, 0.25) is 0 Å². The van der Waals surface area contributed by atoms with Crippen LogP contribution in [0.5, 0.6) is 0 Å². The number of Topliss-reactive ketones (excluding diaryl/α,β-unsaturated/α-hetero) is 1. The van der Waals surface area contributed by atoms with Gasteiger partial charge in [-0.15, -0.1) is 11.3 Å². The molecule has 0 bridgehead atoms. The van der Waals surface area contributed by atoms with Crippen LogP contribution in [-0.2, 0) is 11.2 Å². The SMILES string of the molecule is CC(=O)c1cccc(NC(=O)Cc2csc(Nc3nc(C)cc(C)n3)n2)c1. The number of nitrogens with zero attached hydrogens (tertiary/aromatic N) is 3. The molecule has 2 aromatic heterocycles. The molecule has 1 aromatic carbocycles. The van der Waals surface area contributed by atoms with Crippen LogP contribution < -0.4 is 10.6 Å². The normalized spacial score (nSPS) is 10.5. The Morgan fingerprint density at radius 1 is 1.07 bits per heavy atom. The van der Waals surface area contributed by atoms with E-state index in [0.29, 0.717) is 28.0 Å². The fraction of sp³-hybridized carbons (Fsp3) is 0.211. The summed E-state index contributed by atoms with van der Waals surface area (Å²) in [7, 11) is 0. The van der Waals surface area contributed by atoms with E-state index < -0.39 is 0 Å². The zero-order chi connectivity index (χ0) is 19.4. The average Bonchev–Trinajstić information content (AvgIpc) is 3.00. The molecule has 0 aliphatic heterocycles. The number of carbonyl (C=O) groups is 2. The number of nitrogens with one attached hydrogen (secondary N) is 2. The Labute approximate surface area is 160 Å². The van der Waals surface area contributed by atoms with Crippen molar-refractivity contribution in [1.82, 2.24) is 15.0 Å². The van der Waals surface area contributed by atoms with Crippen molar-refractivity contribution < 1.29 is 9.59 Å². The van der Waals surface area contributed by atoms with Gasteiger partial charge in [0.25, 0.3) is 0 Å². The van der Waals surface area contributed by atoms with Gasteiger partial charge >= 0.3 is 0 Å². The van der Waals surface area contributed by atoms with E-state index in [1.54, 1.807) is 24.3 Å². The molecule has 8 heteroatoms. The molecule has 0 spiro atoms. The van der Waals surface area contributed by atoms with Gasteiger partial charge in [-0.1, -0.05) is 12.1 Å². The zero-order valence-electron chi connectivity index (χ0n) is 15.2. The summed E-state index contributed by atoms with van der Waals surface area (Å²) in [4.78, 5) is 36.7. The first kappa shape index (κ1) is 18.7. The molecular weight excluding hydrogens is 362 g/mol. The molecule has 0 saturated carbocycles. The van der Waals surface area contributed by atoms with Gasteiger partial charge in [0.2, 0.25) is 11.9 Å². The Morgan fingerprint density at radius 3 is 2.52 bits per heavy atom. The van der Waals surface area contributed by atoms with E-state index in [1.807, 2.05) is 25.3 Å². The number of thiazole rings is 1. The number of rotatable bonds is 6. The number of benzene rings is 1. The van der Waals surface area contributed by atoms with Gasteiger partial charge in [0.15, 0.2) is 10.9 Å². The summed E-state index contributed by atoms with van der Waals surface area (Å²) in [6.07, 6.45) is 0.135. The first-order valence-corrected chi connectivity index (χ1v) is 9.21. The minimum absolute atomic E-state index is 0.0464. The van der Waals surface area contributed by atoms with Crippen LogP contribution in [0.4, 0.5) is 16.8 Å². The highest BCUT2D eigenvalue weighted by Gasteiger charge is 2.10. The number of aromatic nitrogens is 3. The first-order chi connectivity index (χ1) is 12.9. The van der Waals surface area contributed by atoms with Crippen molar-refractivity contribution in [2.75, 3.05) is 10.6 Å². The number of hydrogen-bond donors (Lipinski definition) is 2. The molecule has 1 amide bonds. The number of aryl methyl sites for hydroxylation is 2. The fourth-order valence-corrected chi connectivity index (χ4v) is 3.21. The molecule has 0 radical (unpaired) electrons. The van der Waals surface area contributed by atoms with Crippen LogP contribution in [0.25, 0.3) is 0 Å². The largest absolute Gasteiger partial charge is 0.326 e. The Morgan fingerprint density at radius 2 is 1.81 bits per heavy atom. The summed E-state index contributed by atoms with van der Waals surface area (Å²) in [5.74, 6) is 0.240. The molecule has 0 fully saturated rings. The van der Waals surface area contributed by atoms with Crippen molar-refractivity contribution >= 4 is 39.8 Å². The van der Waals surface area contributed by atoms with Gasteiger partial charge in [-0.3, -0.25) is 9.59 Å². The quantitative estimate of drug-likeness (QED) is 0.632. The van der Waals surface area contributed by atoms with Gasteiger partial charge in [0.05, 0.1) is 12.1 Å². The van der Waals surface area contributed by atoms with Gasteiger partial charge in [-0.05, 0) is 39.0 Å². The molecule has 0 unspecified atom stereocenters. The highest BCUT2D eigenvalue weighted by Crippen LogP contribution is 2.20. The van der Waals surface area contributed by atoms with E-state index in [2.05, 4.69) is 25.6 Å². The highest BCUT2D eigenvalue weighted by molar-refractivity contribution is 7.13. The van der Waals surface area contributed by atoms with E-state index in [-0.39, 0.29) is 18.1 Å². The Bertz CT molecular complexity index is 979. The Balaban J connectivity index is 1.62. The fourth-order valence-electron chi connectivity index (χ4n) is 2.51. The van der Waals surface area contributed by atoms with Crippen molar-refractivity contribution in [3.63, 3.8) is 0 Å². The van der Waals surface area contributed by atoms with Crippen molar-refractivity contribution in [3.8, 4) is 0 Å². The highest BCUT2D eigenvalue weighted by atomic mass is 32.1. The van der Waals surface area contributed by atoms with Gasteiger partial charge in [0, 0.05) is 28.0 Å². The number of carbonyl (C=O) groups excluding carboxylic acids is 2. The second-order valence-electron chi connectivity index (χ2n) is 6.11. The molecule has 3 aromatic rings. The number of hydrogen-bond acceptors (Lipinski definition) is 7. The maximum Gasteiger partial charge on any atom is 0.230 e. The lowest BCUT2D eigenvalue weighted by molar-refractivity contribution is -0.115. The maximum atomic E-state index is 12.2. The van der Waals surface area contributed by atoms with Crippen molar-refractivity contribution in [2.24, 2.45) is 0 Å². The van der Waals surface area contributed by atoms with Gasteiger partial charge < -0.3 is 10.6 Å². The molecule has 0 saturated heterocycles. The molecular formula is C19H19N5O2S. The predicted octanol–water partition coefficient (Wildman–Crippen LogP) is 3.68. The molecule has 2 heterocycles. The molecule has 0 aliphatic carbocycles. The van der Waals surface area contributed by atoms with Gasteiger partial charge in [0.1, 0.15) is 0 Å². The molecule has 0 aliphatic rings. The third kappa shape index (κ3) is 5.18. The summed E-state index contributed by atoms with van der Waals surface area (Å²) < 4.78 is 0.